The standard InChI is InChI=1S/C21H22ClFN4O3/c1-14(20(28)24-17-7-8-19(23)18(22)13-17)30-26-16-9-11-27(12-10-16)21(29)25-15-5-3-2-4-6-15/h2-8,13-14H,9-12H2,1H3,(H,24,28)(H,25,29)/t14-/m1/s1. The fourth-order valence-corrected chi connectivity index (χ4v) is 2.98. The lowest BCUT2D eigenvalue weighted by atomic mass is 10.1. The van der Waals surface area contributed by atoms with Gasteiger partial charge in [-0.2, -0.15) is 0 Å². The number of anilines is 2. The summed E-state index contributed by atoms with van der Waals surface area (Å²) in [6.45, 7) is 2.58. The van der Waals surface area contributed by atoms with Crippen LogP contribution in [0.3, 0.4) is 0 Å². The normalized spacial score (nSPS) is 14.6. The van der Waals surface area contributed by atoms with Gasteiger partial charge < -0.3 is 20.4 Å². The van der Waals surface area contributed by atoms with Gasteiger partial charge in [-0.05, 0) is 37.3 Å². The van der Waals surface area contributed by atoms with E-state index in [-0.39, 0.29) is 11.1 Å². The van der Waals surface area contributed by atoms with Crippen LogP contribution < -0.4 is 10.6 Å². The average molecular weight is 433 g/mol. The average Bonchev–Trinajstić information content (AvgIpc) is 2.75. The molecule has 0 bridgehead atoms. The van der Waals surface area contributed by atoms with Crippen molar-refractivity contribution in [2.24, 2.45) is 5.16 Å². The number of benzene rings is 2. The van der Waals surface area contributed by atoms with Crippen LogP contribution in [-0.4, -0.2) is 41.7 Å². The Kier molecular flexibility index (Phi) is 7.24. The third-order valence-corrected chi connectivity index (χ3v) is 4.84. The van der Waals surface area contributed by atoms with Crippen LogP contribution in [0.5, 0.6) is 0 Å². The fourth-order valence-electron chi connectivity index (χ4n) is 2.80. The van der Waals surface area contributed by atoms with E-state index in [2.05, 4.69) is 15.8 Å². The number of hydrogen-bond acceptors (Lipinski definition) is 4. The molecule has 2 N–H and O–H groups in total. The van der Waals surface area contributed by atoms with Gasteiger partial charge >= 0.3 is 6.03 Å². The Morgan fingerprint density at radius 3 is 2.47 bits per heavy atom. The molecule has 0 spiro atoms. The SMILES string of the molecule is C[C@@H](ON=C1CCN(C(=O)Nc2ccccc2)CC1)C(=O)Nc1ccc(F)c(Cl)c1. The zero-order valence-corrected chi connectivity index (χ0v) is 17.2. The van der Waals surface area contributed by atoms with Crippen LogP contribution in [0, 0.1) is 5.82 Å². The Hall–Kier alpha value is -3.13. The highest BCUT2D eigenvalue weighted by atomic mass is 35.5. The van der Waals surface area contributed by atoms with Gasteiger partial charge in [-0.15, -0.1) is 0 Å². The molecule has 3 amide bonds. The molecule has 30 heavy (non-hydrogen) atoms. The molecule has 158 valence electrons. The molecule has 1 aliphatic rings. The third kappa shape index (κ3) is 5.93. The van der Waals surface area contributed by atoms with Gasteiger partial charge in [0.05, 0.1) is 10.7 Å². The predicted molar refractivity (Wildman–Crippen MR) is 114 cm³/mol. The molecular formula is C21H22ClFN4O3. The summed E-state index contributed by atoms with van der Waals surface area (Å²) < 4.78 is 13.2. The van der Waals surface area contributed by atoms with E-state index in [1.165, 1.54) is 18.2 Å². The first-order valence-corrected chi connectivity index (χ1v) is 9.88. The van der Waals surface area contributed by atoms with Crippen molar-refractivity contribution >= 4 is 40.6 Å². The van der Waals surface area contributed by atoms with E-state index in [0.717, 1.165) is 11.4 Å². The Morgan fingerprint density at radius 2 is 1.80 bits per heavy atom. The molecule has 0 aliphatic carbocycles. The number of halogens is 2. The quantitative estimate of drug-likeness (QED) is 0.682. The summed E-state index contributed by atoms with van der Waals surface area (Å²) >= 11 is 5.71. The third-order valence-electron chi connectivity index (χ3n) is 4.55. The van der Waals surface area contributed by atoms with Crippen LogP contribution in [0.2, 0.25) is 5.02 Å². The number of likely N-dealkylation sites (tertiary alicyclic amines) is 1. The first-order valence-electron chi connectivity index (χ1n) is 9.51. The maximum absolute atomic E-state index is 13.2. The highest BCUT2D eigenvalue weighted by Crippen LogP contribution is 2.19. The van der Waals surface area contributed by atoms with Crippen molar-refractivity contribution in [3.8, 4) is 0 Å². The minimum absolute atomic E-state index is 0.0790. The molecule has 1 saturated heterocycles. The molecular weight excluding hydrogens is 411 g/mol. The number of carbonyl (C=O) groups is 2. The number of para-hydroxylation sites is 1. The van der Waals surface area contributed by atoms with Crippen molar-refractivity contribution in [3.05, 3.63) is 59.4 Å². The molecule has 0 unspecified atom stereocenters. The van der Waals surface area contributed by atoms with Crippen molar-refractivity contribution in [3.63, 3.8) is 0 Å². The number of hydrogen-bond donors (Lipinski definition) is 2. The van der Waals surface area contributed by atoms with Gasteiger partial charge in [0.2, 0.25) is 6.10 Å². The topological polar surface area (TPSA) is 83.0 Å². The van der Waals surface area contributed by atoms with Crippen molar-refractivity contribution in [1.82, 2.24) is 4.90 Å². The van der Waals surface area contributed by atoms with Crippen LogP contribution >= 0.6 is 11.6 Å². The molecule has 0 radical (unpaired) electrons. The highest BCUT2D eigenvalue weighted by Gasteiger charge is 2.21. The summed E-state index contributed by atoms with van der Waals surface area (Å²) in [5.74, 6) is -0.990. The molecule has 1 atom stereocenters. The number of urea groups is 1. The van der Waals surface area contributed by atoms with Crippen molar-refractivity contribution in [2.45, 2.75) is 25.9 Å². The first-order chi connectivity index (χ1) is 14.4. The predicted octanol–water partition coefficient (Wildman–Crippen LogP) is 4.51. The summed E-state index contributed by atoms with van der Waals surface area (Å²) in [6, 6.07) is 13.0. The van der Waals surface area contributed by atoms with Gasteiger partial charge in [-0.1, -0.05) is 35.0 Å². The molecule has 1 aliphatic heterocycles. The lowest BCUT2D eigenvalue weighted by Crippen LogP contribution is -2.41. The van der Waals surface area contributed by atoms with Crippen molar-refractivity contribution in [1.29, 1.82) is 0 Å². The van der Waals surface area contributed by atoms with E-state index >= 15 is 0 Å². The summed E-state index contributed by atoms with van der Waals surface area (Å²) in [6.07, 6.45) is 0.273. The van der Waals surface area contributed by atoms with E-state index in [1.54, 1.807) is 11.8 Å². The van der Waals surface area contributed by atoms with E-state index in [0.29, 0.717) is 31.6 Å². The molecule has 2 aromatic carbocycles. The molecule has 2 aromatic rings. The molecule has 3 rings (SSSR count). The number of nitrogens with one attached hydrogen (secondary N) is 2. The Bertz CT molecular complexity index is 929. The monoisotopic (exact) mass is 432 g/mol. The number of rotatable bonds is 5. The van der Waals surface area contributed by atoms with E-state index in [4.69, 9.17) is 16.4 Å². The summed E-state index contributed by atoms with van der Waals surface area (Å²) in [7, 11) is 0. The van der Waals surface area contributed by atoms with Crippen LogP contribution in [0.4, 0.5) is 20.6 Å². The highest BCUT2D eigenvalue weighted by molar-refractivity contribution is 6.31. The molecule has 1 heterocycles. The number of carbonyl (C=O) groups excluding carboxylic acids is 2. The largest absolute Gasteiger partial charge is 0.383 e. The van der Waals surface area contributed by atoms with Gasteiger partial charge in [0.1, 0.15) is 5.82 Å². The molecule has 9 heteroatoms. The van der Waals surface area contributed by atoms with E-state index in [9.17, 15) is 14.0 Å². The smallest absolute Gasteiger partial charge is 0.321 e. The Morgan fingerprint density at radius 1 is 1.10 bits per heavy atom. The zero-order valence-electron chi connectivity index (χ0n) is 16.4. The second kappa shape index (κ2) is 10.1. The van der Waals surface area contributed by atoms with Gasteiger partial charge in [-0.25, -0.2) is 9.18 Å². The summed E-state index contributed by atoms with van der Waals surface area (Å²) in [5.41, 5.74) is 1.89. The van der Waals surface area contributed by atoms with Crippen LogP contribution in [0.25, 0.3) is 0 Å². The molecule has 0 saturated carbocycles. The Labute approximate surface area is 178 Å². The van der Waals surface area contributed by atoms with Crippen LogP contribution in [-0.2, 0) is 9.63 Å². The van der Waals surface area contributed by atoms with Gasteiger partial charge in [0.25, 0.3) is 5.91 Å². The lowest BCUT2D eigenvalue weighted by molar-refractivity contribution is -0.126. The first kappa shape index (κ1) is 21.6. The second-order valence-electron chi connectivity index (χ2n) is 6.81. The zero-order chi connectivity index (χ0) is 21.5. The molecule has 7 nitrogen and oxygen atoms in total. The number of piperidine rings is 1. The Balaban J connectivity index is 1.44. The van der Waals surface area contributed by atoms with E-state index in [1.807, 2.05) is 30.3 Å². The minimum atomic E-state index is -0.847. The van der Waals surface area contributed by atoms with Crippen LogP contribution in [0.15, 0.2) is 53.7 Å². The molecule has 1 fully saturated rings. The number of amides is 3. The number of oxime groups is 1. The maximum Gasteiger partial charge on any atom is 0.321 e. The molecule has 0 aromatic heterocycles. The second-order valence-corrected chi connectivity index (χ2v) is 7.21. The minimum Gasteiger partial charge on any atom is -0.383 e. The van der Waals surface area contributed by atoms with Gasteiger partial charge in [0, 0.05) is 37.3 Å². The van der Waals surface area contributed by atoms with Crippen molar-refractivity contribution < 1.29 is 18.8 Å². The van der Waals surface area contributed by atoms with Crippen LogP contribution in [0.1, 0.15) is 19.8 Å². The summed E-state index contributed by atoms with van der Waals surface area (Å²) in [4.78, 5) is 31.5. The van der Waals surface area contributed by atoms with E-state index < -0.39 is 17.8 Å². The maximum atomic E-state index is 13.2. The number of nitrogens with zero attached hydrogens (tertiary/aromatic N) is 2. The summed E-state index contributed by atoms with van der Waals surface area (Å²) in [5, 5.41) is 9.44. The van der Waals surface area contributed by atoms with Gasteiger partial charge in [-0.3, -0.25) is 4.79 Å². The van der Waals surface area contributed by atoms with Crippen molar-refractivity contribution in [2.75, 3.05) is 23.7 Å². The fraction of sp³-hybridized carbons (Fsp3) is 0.286. The lowest BCUT2D eigenvalue weighted by Gasteiger charge is -2.27. The van der Waals surface area contributed by atoms with Gasteiger partial charge in [0.15, 0.2) is 0 Å².